The summed E-state index contributed by atoms with van der Waals surface area (Å²) >= 11 is 0. The second kappa shape index (κ2) is 6.47. The maximum absolute atomic E-state index is 13.6. The van der Waals surface area contributed by atoms with Gasteiger partial charge in [0.1, 0.15) is 5.65 Å². The largest absolute Gasteiger partial charge is 0.346 e. The topological polar surface area (TPSA) is 90.0 Å². The van der Waals surface area contributed by atoms with Crippen LogP contribution in [0, 0.1) is 5.92 Å². The molecular formula is C19H20F4N6O2. The van der Waals surface area contributed by atoms with Crippen LogP contribution in [0.1, 0.15) is 19.4 Å². The first-order valence-corrected chi connectivity index (χ1v) is 9.95. The van der Waals surface area contributed by atoms with E-state index in [9.17, 15) is 27.2 Å². The highest BCUT2D eigenvalue weighted by Gasteiger charge is 2.64. The molecule has 0 aliphatic carbocycles. The number of piperidine rings is 1. The van der Waals surface area contributed by atoms with Crippen LogP contribution in [0.2, 0.25) is 0 Å². The molecule has 2 atom stereocenters. The Morgan fingerprint density at radius 1 is 1.19 bits per heavy atom. The minimum Gasteiger partial charge on any atom is -0.346 e. The summed E-state index contributed by atoms with van der Waals surface area (Å²) < 4.78 is 55.9. The molecule has 0 aromatic carbocycles. The van der Waals surface area contributed by atoms with E-state index in [4.69, 9.17) is 0 Å². The van der Waals surface area contributed by atoms with Gasteiger partial charge in [0.15, 0.2) is 0 Å². The fourth-order valence-electron chi connectivity index (χ4n) is 4.60. The minimum atomic E-state index is -4.26. The first-order chi connectivity index (χ1) is 14.6. The van der Waals surface area contributed by atoms with Crippen molar-refractivity contribution >= 4 is 28.1 Å². The van der Waals surface area contributed by atoms with Gasteiger partial charge in [0.05, 0.1) is 36.4 Å². The number of halogens is 4. The summed E-state index contributed by atoms with van der Waals surface area (Å²) in [5, 5.41) is 0.727. The number of rotatable bonds is 1. The molecule has 2 amide bonds. The number of carbonyl (C=O) groups excluding carboxylic acids is 1. The fraction of sp³-hybridized carbons (Fsp3) is 0.526. The highest BCUT2D eigenvalue weighted by molar-refractivity contribution is 6.01. The number of likely N-dealkylation sites (tertiary alicyclic amines) is 2. The second-order valence-corrected chi connectivity index (χ2v) is 8.39. The van der Waals surface area contributed by atoms with Gasteiger partial charge in [-0.05, 0) is 18.4 Å². The van der Waals surface area contributed by atoms with Gasteiger partial charge in [-0.3, -0.25) is 4.57 Å². The Labute approximate surface area is 172 Å². The molecule has 2 aliphatic rings. The van der Waals surface area contributed by atoms with Crippen molar-refractivity contribution in [1.29, 1.82) is 0 Å². The lowest BCUT2D eigenvalue weighted by molar-refractivity contribution is -0.172. The Morgan fingerprint density at radius 2 is 1.90 bits per heavy atom. The number of carbonyl (C=O) groups is 1. The standard InChI is InChI=1S/C19H20F4N6O2/c1-10-3-5-27(17(31)28-8-18(20,21)19(22,23)9-28)7-13(10)29-14-11-2-4-24-15(11)25-6-12(14)26-16(29)30/h2,4,6,10,13H,3,5,7-9H2,1H3,(H,24,25)(H,26,30)/t10-,13+/m1/s1. The molecular weight excluding hydrogens is 420 g/mol. The summed E-state index contributed by atoms with van der Waals surface area (Å²) in [6, 6.07) is 0.470. The van der Waals surface area contributed by atoms with Crippen LogP contribution in [0.15, 0.2) is 23.3 Å². The number of aromatic nitrogens is 4. The van der Waals surface area contributed by atoms with E-state index >= 15 is 0 Å². The smallest absolute Gasteiger partial charge is 0.329 e. The number of aromatic amines is 2. The average Bonchev–Trinajstić information content (AvgIpc) is 3.35. The van der Waals surface area contributed by atoms with Crippen molar-refractivity contribution < 1.29 is 22.4 Å². The van der Waals surface area contributed by atoms with Gasteiger partial charge in [0.2, 0.25) is 0 Å². The molecule has 0 radical (unpaired) electrons. The van der Waals surface area contributed by atoms with Crippen molar-refractivity contribution in [2.75, 3.05) is 26.2 Å². The normalized spacial score (nSPS) is 25.6. The molecule has 2 fully saturated rings. The molecule has 0 saturated carbocycles. The summed E-state index contributed by atoms with van der Waals surface area (Å²) in [6.07, 6.45) is 3.74. The van der Waals surface area contributed by atoms with Gasteiger partial charge in [0.25, 0.3) is 0 Å². The molecule has 3 aromatic heterocycles. The quantitative estimate of drug-likeness (QED) is 0.571. The number of fused-ring (bicyclic) bond motifs is 3. The third-order valence-corrected chi connectivity index (χ3v) is 6.36. The number of pyridine rings is 1. The fourth-order valence-corrected chi connectivity index (χ4v) is 4.60. The lowest BCUT2D eigenvalue weighted by Crippen LogP contribution is -2.50. The van der Waals surface area contributed by atoms with Gasteiger partial charge in [-0.15, -0.1) is 0 Å². The van der Waals surface area contributed by atoms with Crippen molar-refractivity contribution in [2.45, 2.75) is 31.2 Å². The molecule has 5 heterocycles. The third-order valence-electron chi connectivity index (χ3n) is 6.36. The van der Waals surface area contributed by atoms with E-state index in [-0.39, 0.29) is 24.7 Å². The van der Waals surface area contributed by atoms with Gasteiger partial charge in [-0.2, -0.15) is 17.6 Å². The maximum Gasteiger partial charge on any atom is 0.329 e. The molecule has 2 saturated heterocycles. The first-order valence-electron chi connectivity index (χ1n) is 9.95. The Kier molecular flexibility index (Phi) is 4.15. The number of nitrogens with zero attached hydrogens (tertiary/aromatic N) is 4. The first kappa shape index (κ1) is 19.9. The van der Waals surface area contributed by atoms with Gasteiger partial charge in [-0.25, -0.2) is 14.6 Å². The van der Waals surface area contributed by atoms with Crippen molar-refractivity contribution in [1.82, 2.24) is 29.3 Å². The molecule has 8 nitrogen and oxygen atoms in total. The van der Waals surface area contributed by atoms with Gasteiger partial charge < -0.3 is 19.8 Å². The van der Waals surface area contributed by atoms with E-state index in [1.54, 1.807) is 16.8 Å². The maximum atomic E-state index is 13.6. The summed E-state index contributed by atoms with van der Waals surface area (Å²) in [5.74, 6) is -8.53. The molecule has 0 spiro atoms. The number of alkyl halides is 4. The van der Waals surface area contributed by atoms with E-state index in [2.05, 4.69) is 15.0 Å². The van der Waals surface area contributed by atoms with Crippen molar-refractivity contribution in [3.8, 4) is 0 Å². The number of imidazole rings is 1. The van der Waals surface area contributed by atoms with Crippen molar-refractivity contribution in [3.05, 3.63) is 28.9 Å². The lowest BCUT2D eigenvalue weighted by atomic mass is 9.93. The zero-order chi connectivity index (χ0) is 22.1. The van der Waals surface area contributed by atoms with E-state index in [0.29, 0.717) is 28.0 Å². The SMILES string of the molecule is C[C@@H]1CCN(C(=O)N2CC(F)(F)C(F)(F)C2)C[C@@H]1n1c(=O)[nH]c2cnc3[nH]ccc3c21. The van der Waals surface area contributed by atoms with Gasteiger partial charge in [0, 0.05) is 24.7 Å². The molecule has 2 N–H and O–H groups in total. The number of hydrogen-bond donors (Lipinski definition) is 2. The third kappa shape index (κ3) is 2.91. The predicted molar refractivity (Wildman–Crippen MR) is 103 cm³/mol. The Bertz CT molecular complexity index is 1220. The minimum absolute atomic E-state index is 0.00985. The summed E-state index contributed by atoms with van der Waals surface area (Å²) in [4.78, 5) is 37.4. The van der Waals surface area contributed by atoms with E-state index in [1.807, 2.05) is 6.92 Å². The highest BCUT2D eigenvalue weighted by Crippen LogP contribution is 2.41. The summed E-state index contributed by atoms with van der Waals surface area (Å²) in [6.45, 7) is -0.418. The van der Waals surface area contributed by atoms with Crippen molar-refractivity contribution in [2.24, 2.45) is 5.92 Å². The van der Waals surface area contributed by atoms with Crippen LogP contribution in [0.3, 0.4) is 0 Å². The van der Waals surface area contributed by atoms with E-state index in [1.165, 1.54) is 11.1 Å². The van der Waals surface area contributed by atoms with Gasteiger partial charge in [-0.1, -0.05) is 6.92 Å². The van der Waals surface area contributed by atoms with E-state index < -0.39 is 37.0 Å². The van der Waals surface area contributed by atoms with E-state index in [0.717, 1.165) is 5.39 Å². The Morgan fingerprint density at radius 3 is 2.61 bits per heavy atom. The predicted octanol–water partition coefficient (Wildman–Crippen LogP) is 2.79. The Balaban J connectivity index is 1.49. The van der Waals surface area contributed by atoms with Crippen LogP contribution in [0.4, 0.5) is 22.4 Å². The summed E-state index contributed by atoms with van der Waals surface area (Å²) in [5.41, 5.74) is 1.38. The van der Waals surface area contributed by atoms with Crippen LogP contribution in [0.25, 0.3) is 22.1 Å². The van der Waals surface area contributed by atoms with Crippen molar-refractivity contribution in [3.63, 3.8) is 0 Å². The molecule has 3 aromatic rings. The zero-order valence-corrected chi connectivity index (χ0v) is 16.5. The zero-order valence-electron chi connectivity index (χ0n) is 16.5. The molecule has 0 unspecified atom stereocenters. The molecule has 2 aliphatic heterocycles. The van der Waals surface area contributed by atoms with Crippen LogP contribution < -0.4 is 5.69 Å². The second-order valence-electron chi connectivity index (χ2n) is 8.39. The molecule has 0 bridgehead atoms. The lowest BCUT2D eigenvalue weighted by Gasteiger charge is -2.39. The average molecular weight is 440 g/mol. The van der Waals surface area contributed by atoms with Crippen LogP contribution in [-0.4, -0.2) is 73.4 Å². The number of H-pyrrole nitrogens is 2. The Hall–Kier alpha value is -3.05. The number of hydrogen-bond acceptors (Lipinski definition) is 3. The number of amides is 2. The molecule has 12 heteroatoms. The molecule has 31 heavy (non-hydrogen) atoms. The van der Waals surface area contributed by atoms with Crippen LogP contribution in [0.5, 0.6) is 0 Å². The van der Waals surface area contributed by atoms with Crippen LogP contribution >= 0.6 is 0 Å². The summed E-state index contributed by atoms with van der Waals surface area (Å²) in [7, 11) is 0. The number of nitrogens with one attached hydrogen (secondary N) is 2. The number of urea groups is 1. The molecule has 166 valence electrons. The monoisotopic (exact) mass is 440 g/mol. The molecule has 5 rings (SSSR count). The van der Waals surface area contributed by atoms with Crippen LogP contribution in [-0.2, 0) is 0 Å². The van der Waals surface area contributed by atoms with Gasteiger partial charge >= 0.3 is 23.6 Å². The highest BCUT2D eigenvalue weighted by atomic mass is 19.3.